The third kappa shape index (κ3) is 3.97. The summed E-state index contributed by atoms with van der Waals surface area (Å²) in [4.78, 5) is 24.4. The molecular formula is C17H21F3N2O7. The summed E-state index contributed by atoms with van der Waals surface area (Å²) in [7, 11) is 3.91. The van der Waals surface area contributed by atoms with Crippen LogP contribution in [0.3, 0.4) is 0 Å². The van der Waals surface area contributed by atoms with Crippen LogP contribution in [-0.4, -0.2) is 56.9 Å². The summed E-state index contributed by atoms with van der Waals surface area (Å²) in [5.41, 5.74) is -3.87. The number of rotatable bonds is 6. The summed E-state index contributed by atoms with van der Waals surface area (Å²) in [5.74, 6) is -3.32. The quantitative estimate of drug-likeness (QED) is 0.595. The van der Waals surface area contributed by atoms with E-state index in [9.17, 15) is 27.9 Å². The van der Waals surface area contributed by atoms with Gasteiger partial charge in [-0.15, -0.1) is 0 Å². The minimum absolute atomic E-state index is 0.00456. The number of methoxy groups -OCH3 is 3. The fourth-order valence-corrected chi connectivity index (χ4v) is 3.10. The molecule has 0 spiro atoms. The zero-order chi connectivity index (χ0) is 22.0. The van der Waals surface area contributed by atoms with Crippen LogP contribution in [0.15, 0.2) is 12.1 Å². The molecule has 1 fully saturated rings. The average Bonchev–Trinajstić information content (AvgIpc) is 2.65. The molecule has 2 rings (SSSR count). The van der Waals surface area contributed by atoms with E-state index in [2.05, 4.69) is 5.32 Å². The van der Waals surface area contributed by atoms with E-state index in [0.717, 1.165) is 0 Å². The molecule has 1 heterocycles. The number of amides is 2. The summed E-state index contributed by atoms with van der Waals surface area (Å²) in [6, 6.07) is -0.423. The summed E-state index contributed by atoms with van der Waals surface area (Å²) >= 11 is 0. The topological polar surface area (TPSA) is 115 Å². The maximum Gasteiger partial charge on any atom is 0.437 e. The first kappa shape index (κ1) is 22.4. The summed E-state index contributed by atoms with van der Waals surface area (Å²) in [6.45, 7) is 1.16. The standard InChI is InChI=1S/C17H21F3N2O7/c1-5-29-14(23)11-12(21-15(24)22-16(11,25)17(18,19)20)8-6-9(26-2)13(28-4)10(7-8)27-3/h6-7,11-12,25H,5H2,1-4H3,(H2,21,22,24)/t11-,12+,16+/m0/s1. The van der Waals surface area contributed by atoms with Crippen LogP contribution in [0, 0.1) is 5.92 Å². The fraction of sp³-hybridized carbons (Fsp3) is 0.529. The highest BCUT2D eigenvalue weighted by Crippen LogP contribution is 2.46. The number of hydrogen-bond donors (Lipinski definition) is 3. The second kappa shape index (κ2) is 8.23. The molecule has 1 aliphatic rings. The first-order valence-electron chi connectivity index (χ1n) is 8.38. The number of halogens is 3. The maximum atomic E-state index is 13.7. The lowest BCUT2D eigenvalue weighted by atomic mass is 9.81. The fourth-order valence-electron chi connectivity index (χ4n) is 3.10. The van der Waals surface area contributed by atoms with Crippen LogP contribution in [0.25, 0.3) is 0 Å². The van der Waals surface area contributed by atoms with Gasteiger partial charge in [0.05, 0.1) is 34.0 Å². The first-order chi connectivity index (χ1) is 13.5. The highest BCUT2D eigenvalue weighted by atomic mass is 19.4. The van der Waals surface area contributed by atoms with Gasteiger partial charge in [0.25, 0.3) is 5.72 Å². The SMILES string of the molecule is CCOC(=O)[C@@H]1[C@@H](c2cc(OC)c(OC)c(OC)c2)NC(=O)N[C@]1(O)C(F)(F)F. The third-order valence-corrected chi connectivity index (χ3v) is 4.39. The van der Waals surface area contributed by atoms with Crippen molar-refractivity contribution in [1.82, 2.24) is 10.6 Å². The first-order valence-corrected chi connectivity index (χ1v) is 8.38. The van der Waals surface area contributed by atoms with Gasteiger partial charge in [0.1, 0.15) is 5.92 Å². The average molecular weight is 422 g/mol. The normalized spacial score (nSPS) is 24.2. The summed E-state index contributed by atoms with van der Waals surface area (Å²) in [5, 5.41) is 14.0. The van der Waals surface area contributed by atoms with Crippen molar-refractivity contribution >= 4 is 12.0 Å². The van der Waals surface area contributed by atoms with Crippen molar-refractivity contribution < 1.29 is 46.8 Å². The number of carbonyl (C=O) groups is 2. The summed E-state index contributed by atoms with van der Waals surface area (Å²) in [6.07, 6.45) is -5.37. The summed E-state index contributed by atoms with van der Waals surface area (Å²) < 4.78 is 61.3. The van der Waals surface area contributed by atoms with E-state index >= 15 is 0 Å². The number of carbonyl (C=O) groups excluding carboxylic acids is 2. The molecule has 12 heteroatoms. The predicted molar refractivity (Wildman–Crippen MR) is 91.6 cm³/mol. The number of nitrogens with one attached hydrogen (secondary N) is 2. The number of hydrogen-bond acceptors (Lipinski definition) is 7. The molecule has 0 unspecified atom stereocenters. The zero-order valence-corrected chi connectivity index (χ0v) is 16.0. The Kier molecular flexibility index (Phi) is 6.36. The molecule has 0 radical (unpaired) electrons. The van der Waals surface area contributed by atoms with Crippen molar-refractivity contribution in [2.24, 2.45) is 5.92 Å². The molecule has 1 aliphatic heterocycles. The number of aliphatic hydroxyl groups is 1. The Hall–Kier alpha value is -2.89. The molecule has 0 bridgehead atoms. The van der Waals surface area contributed by atoms with Crippen LogP contribution in [0.5, 0.6) is 17.2 Å². The molecular weight excluding hydrogens is 401 g/mol. The molecule has 1 aromatic carbocycles. The van der Waals surface area contributed by atoms with Gasteiger partial charge in [-0.2, -0.15) is 13.2 Å². The van der Waals surface area contributed by atoms with Gasteiger partial charge in [-0.05, 0) is 24.6 Å². The number of ether oxygens (including phenoxy) is 4. The number of alkyl halides is 3. The molecule has 9 nitrogen and oxygen atoms in total. The van der Waals surface area contributed by atoms with Crippen LogP contribution < -0.4 is 24.8 Å². The minimum atomic E-state index is -5.37. The molecule has 162 valence electrons. The van der Waals surface area contributed by atoms with Crippen LogP contribution in [0.2, 0.25) is 0 Å². The molecule has 3 atom stereocenters. The van der Waals surface area contributed by atoms with E-state index in [1.165, 1.54) is 45.7 Å². The Morgan fingerprint density at radius 3 is 2.14 bits per heavy atom. The molecule has 2 amide bonds. The van der Waals surface area contributed by atoms with Crippen LogP contribution in [0.1, 0.15) is 18.5 Å². The molecule has 1 saturated heterocycles. The Morgan fingerprint density at radius 2 is 1.72 bits per heavy atom. The number of benzene rings is 1. The van der Waals surface area contributed by atoms with Crippen molar-refractivity contribution in [1.29, 1.82) is 0 Å². The second-order valence-electron chi connectivity index (χ2n) is 6.03. The van der Waals surface area contributed by atoms with Crippen LogP contribution in [-0.2, 0) is 9.53 Å². The highest BCUT2D eigenvalue weighted by molar-refractivity contribution is 5.83. The Labute approximate surface area is 164 Å². The van der Waals surface area contributed by atoms with E-state index < -0.39 is 35.9 Å². The molecule has 0 aliphatic carbocycles. The zero-order valence-electron chi connectivity index (χ0n) is 16.0. The molecule has 3 N–H and O–H groups in total. The smallest absolute Gasteiger partial charge is 0.437 e. The lowest BCUT2D eigenvalue weighted by molar-refractivity contribution is -0.294. The molecule has 1 aromatic rings. The largest absolute Gasteiger partial charge is 0.493 e. The van der Waals surface area contributed by atoms with Crippen molar-refractivity contribution in [2.75, 3.05) is 27.9 Å². The van der Waals surface area contributed by atoms with Crippen molar-refractivity contribution in [3.05, 3.63) is 17.7 Å². The van der Waals surface area contributed by atoms with E-state index in [4.69, 9.17) is 18.9 Å². The lowest BCUT2D eigenvalue weighted by Gasteiger charge is -2.44. The number of urea groups is 1. The van der Waals surface area contributed by atoms with Gasteiger partial charge in [0, 0.05) is 0 Å². The van der Waals surface area contributed by atoms with Gasteiger partial charge in [0.2, 0.25) is 5.75 Å². The Bertz CT molecular complexity index is 762. The van der Waals surface area contributed by atoms with Gasteiger partial charge in [-0.1, -0.05) is 0 Å². The Balaban J connectivity index is 2.70. The minimum Gasteiger partial charge on any atom is -0.493 e. The monoisotopic (exact) mass is 422 g/mol. The van der Waals surface area contributed by atoms with Crippen molar-refractivity contribution in [3.8, 4) is 17.2 Å². The van der Waals surface area contributed by atoms with E-state index in [1.54, 1.807) is 0 Å². The molecule has 0 saturated carbocycles. The van der Waals surface area contributed by atoms with Gasteiger partial charge >= 0.3 is 18.2 Å². The van der Waals surface area contributed by atoms with E-state index in [0.29, 0.717) is 0 Å². The highest BCUT2D eigenvalue weighted by Gasteiger charge is 2.67. The van der Waals surface area contributed by atoms with Crippen LogP contribution in [0.4, 0.5) is 18.0 Å². The molecule has 29 heavy (non-hydrogen) atoms. The third-order valence-electron chi connectivity index (χ3n) is 4.39. The lowest BCUT2D eigenvalue weighted by Crippen LogP contribution is -2.73. The van der Waals surface area contributed by atoms with Crippen molar-refractivity contribution in [2.45, 2.75) is 24.9 Å². The van der Waals surface area contributed by atoms with E-state index in [1.807, 2.05) is 0 Å². The number of esters is 1. The predicted octanol–water partition coefficient (Wildman–Crippen LogP) is 1.50. The molecule has 0 aromatic heterocycles. The maximum absolute atomic E-state index is 13.7. The van der Waals surface area contributed by atoms with Gasteiger partial charge in [-0.3, -0.25) is 4.79 Å². The van der Waals surface area contributed by atoms with Gasteiger partial charge in [0.15, 0.2) is 11.5 Å². The van der Waals surface area contributed by atoms with Gasteiger partial charge in [-0.25, -0.2) is 4.79 Å². The van der Waals surface area contributed by atoms with Crippen LogP contribution >= 0.6 is 0 Å². The van der Waals surface area contributed by atoms with Gasteiger partial charge < -0.3 is 34.7 Å². The van der Waals surface area contributed by atoms with E-state index in [-0.39, 0.29) is 29.4 Å². The second-order valence-corrected chi connectivity index (χ2v) is 6.03. The van der Waals surface area contributed by atoms with Crippen molar-refractivity contribution in [3.63, 3.8) is 0 Å². The Morgan fingerprint density at radius 1 is 1.17 bits per heavy atom.